The molecule has 1 aliphatic carbocycles. The number of aryl methyl sites for hydroxylation is 1. The summed E-state index contributed by atoms with van der Waals surface area (Å²) >= 11 is 4.85. The number of fused-ring (bicyclic) bond motifs is 1. The van der Waals surface area contributed by atoms with Crippen LogP contribution in [0.2, 0.25) is 0 Å². The second-order valence-corrected chi connectivity index (χ2v) is 5.71. The zero-order chi connectivity index (χ0) is 13.8. The van der Waals surface area contributed by atoms with Crippen LogP contribution in [0.5, 0.6) is 0 Å². The molecule has 1 amide bonds. The molecule has 2 rings (SSSR count). The number of rotatable bonds is 4. The largest absolute Gasteiger partial charge is 0.393 e. The van der Waals surface area contributed by atoms with Crippen LogP contribution >= 0.6 is 12.2 Å². The molecule has 0 bridgehead atoms. The Morgan fingerprint density at radius 2 is 2.11 bits per heavy atom. The maximum atomic E-state index is 12.4. The average molecular weight is 276 g/mol. The highest BCUT2D eigenvalue weighted by atomic mass is 32.1. The summed E-state index contributed by atoms with van der Waals surface area (Å²) in [6, 6.07) is 8.40. The first-order valence-corrected chi connectivity index (χ1v) is 7.09. The van der Waals surface area contributed by atoms with Crippen molar-refractivity contribution in [3.05, 3.63) is 35.4 Å². The molecule has 1 unspecified atom stereocenters. The summed E-state index contributed by atoms with van der Waals surface area (Å²) < 4.78 is 0. The number of carbonyl (C=O) groups is 1. The maximum Gasteiger partial charge on any atom is 0.225 e. The lowest BCUT2D eigenvalue weighted by Gasteiger charge is -2.28. The van der Waals surface area contributed by atoms with E-state index < -0.39 is 0 Å². The predicted octanol–water partition coefficient (Wildman–Crippen LogP) is 1.93. The number of nitrogens with zero attached hydrogens (tertiary/aromatic N) is 1. The number of thiocarbonyl (C=S) groups is 1. The molecule has 0 heterocycles. The molecule has 0 fully saturated rings. The number of amides is 1. The van der Waals surface area contributed by atoms with Crippen molar-refractivity contribution < 1.29 is 4.79 Å². The molecule has 19 heavy (non-hydrogen) atoms. The van der Waals surface area contributed by atoms with Crippen LogP contribution in [0.1, 0.15) is 24.0 Å². The van der Waals surface area contributed by atoms with Crippen molar-refractivity contribution in [2.24, 2.45) is 11.7 Å². The maximum absolute atomic E-state index is 12.4. The normalized spacial score (nSPS) is 17.6. The van der Waals surface area contributed by atoms with Crippen molar-refractivity contribution in [1.29, 1.82) is 0 Å². The smallest absolute Gasteiger partial charge is 0.225 e. The van der Waals surface area contributed by atoms with E-state index in [1.54, 1.807) is 4.90 Å². The minimum atomic E-state index is 0.103. The molecule has 1 aromatic rings. The van der Waals surface area contributed by atoms with E-state index in [1.165, 1.54) is 11.1 Å². The van der Waals surface area contributed by atoms with Gasteiger partial charge in [0.2, 0.25) is 5.91 Å². The molecule has 0 saturated heterocycles. The number of nitrogens with two attached hydrogens (primary N) is 1. The van der Waals surface area contributed by atoms with E-state index >= 15 is 0 Å². The third kappa shape index (κ3) is 3.53. The van der Waals surface area contributed by atoms with Gasteiger partial charge in [-0.2, -0.15) is 0 Å². The van der Waals surface area contributed by atoms with E-state index in [9.17, 15) is 4.79 Å². The van der Waals surface area contributed by atoms with Crippen LogP contribution in [0.3, 0.4) is 0 Å². The Morgan fingerprint density at radius 3 is 2.79 bits per heavy atom. The average Bonchev–Trinajstić information content (AvgIpc) is 2.43. The lowest BCUT2D eigenvalue weighted by Crippen LogP contribution is -2.37. The first-order valence-electron chi connectivity index (χ1n) is 6.68. The second-order valence-electron chi connectivity index (χ2n) is 5.18. The first-order chi connectivity index (χ1) is 9.08. The SMILES string of the molecule is CN(CCC(N)=S)C(=O)C1CCc2ccccc2C1. The number of hydrogen-bond acceptors (Lipinski definition) is 2. The fourth-order valence-electron chi connectivity index (χ4n) is 2.61. The van der Waals surface area contributed by atoms with Gasteiger partial charge in [-0.05, 0) is 30.4 Å². The van der Waals surface area contributed by atoms with Gasteiger partial charge >= 0.3 is 0 Å². The van der Waals surface area contributed by atoms with E-state index in [4.69, 9.17) is 18.0 Å². The van der Waals surface area contributed by atoms with Crippen LogP contribution in [-0.4, -0.2) is 29.4 Å². The van der Waals surface area contributed by atoms with E-state index in [0.717, 1.165) is 19.3 Å². The van der Waals surface area contributed by atoms with Crippen molar-refractivity contribution in [3.8, 4) is 0 Å². The number of carbonyl (C=O) groups excluding carboxylic acids is 1. The lowest BCUT2D eigenvalue weighted by atomic mass is 9.83. The lowest BCUT2D eigenvalue weighted by molar-refractivity contribution is -0.134. The standard InChI is InChI=1S/C15H20N2OS/c1-17(9-8-14(16)19)15(18)13-7-6-11-4-2-3-5-12(11)10-13/h2-5,13H,6-10H2,1H3,(H2,16,19). The molecule has 0 saturated carbocycles. The predicted molar refractivity (Wildman–Crippen MR) is 81.0 cm³/mol. The van der Waals surface area contributed by atoms with E-state index in [0.29, 0.717) is 18.0 Å². The fraction of sp³-hybridized carbons (Fsp3) is 0.467. The van der Waals surface area contributed by atoms with Gasteiger partial charge in [0.25, 0.3) is 0 Å². The molecule has 4 heteroatoms. The molecule has 1 atom stereocenters. The zero-order valence-electron chi connectivity index (χ0n) is 11.3. The molecule has 0 aromatic heterocycles. The van der Waals surface area contributed by atoms with Gasteiger partial charge < -0.3 is 10.6 Å². The molecule has 1 aliphatic rings. The quantitative estimate of drug-likeness (QED) is 0.855. The Kier molecular flexibility index (Phi) is 4.53. The van der Waals surface area contributed by atoms with Crippen molar-refractivity contribution in [2.45, 2.75) is 25.7 Å². The van der Waals surface area contributed by atoms with Crippen LogP contribution in [0.4, 0.5) is 0 Å². The molecule has 2 N–H and O–H groups in total. The summed E-state index contributed by atoms with van der Waals surface area (Å²) in [5.74, 6) is 0.317. The Labute approximate surface area is 119 Å². The Hall–Kier alpha value is -1.42. The third-order valence-electron chi connectivity index (χ3n) is 3.77. The zero-order valence-corrected chi connectivity index (χ0v) is 12.1. The Morgan fingerprint density at radius 1 is 1.42 bits per heavy atom. The molecular weight excluding hydrogens is 256 g/mol. The van der Waals surface area contributed by atoms with Gasteiger partial charge in [0.15, 0.2) is 0 Å². The van der Waals surface area contributed by atoms with Crippen LogP contribution in [-0.2, 0) is 17.6 Å². The third-order valence-corrected chi connectivity index (χ3v) is 3.97. The monoisotopic (exact) mass is 276 g/mol. The van der Waals surface area contributed by atoms with Gasteiger partial charge in [0, 0.05) is 25.9 Å². The highest BCUT2D eigenvalue weighted by molar-refractivity contribution is 7.80. The number of hydrogen-bond donors (Lipinski definition) is 1. The van der Waals surface area contributed by atoms with Crippen molar-refractivity contribution in [3.63, 3.8) is 0 Å². The minimum Gasteiger partial charge on any atom is -0.393 e. The summed E-state index contributed by atoms with van der Waals surface area (Å²) in [4.78, 5) is 14.6. The molecule has 0 radical (unpaired) electrons. The topological polar surface area (TPSA) is 46.3 Å². The minimum absolute atomic E-state index is 0.103. The van der Waals surface area contributed by atoms with Crippen LogP contribution < -0.4 is 5.73 Å². The Balaban J connectivity index is 1.96. The van der Waals surface area contributed by atoms with Gasteiger partial charge in [-0.3, -0.25) is 4.79 Å². The van der Waals surface area contributed by atoms with Gasteiger partial charge in [-0.25, -0.2) is 0 Å². The molecule has 0 aliphatic heterocycles. The first kappa shape index (κ1) is 14.0. The van der Waals surface area contributed by atoms with Crippen LogP contribution in [0.25, 0.3) is 0 Å². The second kappa shape index (κ2) is 6.15. The van der Waals surface area contributed by atoms with Crippen LogP contribution in [0, 0.1) is 5.92 Å². The van der Waals surface area contributed by atoms with Crippen molar-refractivity contribution in [2.75, 3.05) is 13.6 Å². The summed E-state index contributed by atoms with van der Waals surface area (Å²) in [7, 11) is 1.83. The molecular formula is C15H20N2OS. The van der Waals surface area contributed by atoms with E-state index in [1.807, 2.05) is 13.1 Å². The van der Waals surface area contributed by atoms with Gasteiger partial charge in [-0.15, -0.1) is 0 Å². The van der Waals surface area contributed by atoms with Gasteiger partial charge in [0.1, 0.15) is 0 Å². The summed E-state index contributed by atoms with van der Waals surface area (Å²) in [6.07, 6.45) is 3.39. The molecule has 102 valence electrons. The van der Waals surface area contributed by atoms with Crippen molar-refractivity contribution in [1.82, 2.24) is 4.90 Å². The molecule has 0 spiro atoms. The van der Waals surface area contributed by atoms with E-state index in [2.05, 4.69) is 18.2 Å². The highest BCUT2D eigenvalue weighted by Gasteiger charge is 2.26. The highest BCUT2D eigenvalue weighted by Crippen LogP contribution is 2.26. The fourth-order valence-corrected chi connectivity index (χ4v) is 2.70. The summed E-state index contributed by atoms with van der Waals surface area (Å²) in [5, 5.41) is 0. The van der Waals surface area contributed by atoms with Crippen molar-refractivity contribution >= 4 is 23.1 Å². The van der Waals surface area contributed by atoms with Crippen LogP contribution in [0.15, 0.2) is 24.3 Å². The van der Waals surface area contributed by atoms with Gasteiger partial charge in [-0.1, -0.05) is 36.5 Å². The molecule has 3 nitrogen and oxygen atoms in total. The number of benzene rings is 1. The summed E-state index contributed by atoms with van der Waals surface area (Å²) in [5.41, 5.74) is 8.18. The molecule has 1 aromatic carbocycles. The summed E-state index contributed by atoms with van der Waals surface area (Å²) in [6.45, 7) is 0.617. The van der Waals surface area contributed by atoms with Gasteiger partial charge in [0.05, 0.1) is 4.99 Å². The Bertz CT molecular complexity index is 487. The van der Waals surface area contributed by atoms with E-state index in [-0.39, 0.29) is 11.8 Å².